The highest BCUT2D eigenvalue weighted by atomic mass is 16.8. The summed E-state index contributed by atoms with van der Waals surface area (Å²) in [5.41, 5.74) is -0.649. The molecule has 2 saturated heterocycles. The monoisotopic (exact) mass is 347 g/mol. The largest absolute Gasteiger partial charge is 0.444 e. The maximum atomic E-state index is 12.5. The van der Waals surface area contributed by atoms with Gasteiger partial charge in [0.1, 0.15) is 23.9 Å². The Balaban J connectivity index is 2.16. The molecule has 0 aromatic carbocycles. The first-order valence-corrected chi connectivity index (χ1v) is 8.26. The Morgan fingerprint density at radius 2 is 1.92 bits per heavy atom. The maximum absolute atomic E-state index is 12.5. The highest BCUT2D eigenvalue weighted by molar-refractivity contribution is 5.69. The lowest BCUT2D eigenvalue weighted by Crippen LogP contribution is -2.47. The average molecular weight is 347 g/mol. The second-order valence-electron chi connectivity index (χ2n) is 7.89. The predicted molar refractivity (Wildman–Crippen MR) is 84.3 cm³/mol. The van der Waals surface area contributed by atoms with Crippen molar-refractivity contribution in [3.63, 3.8) is 0 Å². The first-order valence-electron chi connectivity index (χ1n) is 8.26. The highest BCUT2D eigenvalue weighted by Crippen LogP contribution is 2.39. The summed E-state index contributed by atoms with van der Waals surface area (Å²) in [6.07, 6.45) is -3.67. The second kappa shape index (κ2) is 6.76. The van der Waals surface area contributed by atoms with Crippen LogP contribution in [0.1, 0.15) is 41.0 Å². The molecule has 1 amide bonds. The van der Waals surface area contributed by atoms with Crippen molar-refractivity contribution in [3.8, 4) is 0 Å². The number of hydrogen-bond acceptors (Lipinski definition) is 7. The molecule has 2 fully saturated rings. The third kappa shape index (κ3) is 4.37. The van der Waals surface area contributed by atoms with Crippen LogP contribution in [0.3, 0.4) is 0 Å². The summed E-state index contributed by atoms with van der Waals surface area (Å²) in [6.45, 7) is 8.64. The van der Waals surface area contributed by atoms with Gasteiger partial charge in [-0.05, 0) is 41.0 Å². The molecule has 3 N–H and O–H groups in total. The minimum Gasteiger partial charge on any atom is -0.444 e. The normalized spacial score (nSPS) is 31.7. The minimum atomic E-state index is -1.28. The summed E-state index contributed by atoms with van der Waals surface area (Å²) in [4.78, 5) is 14.0. The van der Waals surface area contributed by atoms with Crippen molar-refractivity contribution in [3.05, 3.63) is 0 Å². The van der Waals surface area contributed by atoms with Crippen molar-refractivity contribution in [2.45, 2.75) is 82.9 Å². The Morgan fingerprint density at radius 1 is 1.29 bits per heavy atom. The van der Waals surface area contributed by atoms with Gasteiger partial charge in [0.2, 0.25) is 0 Å². The molecule has 8 nitrogen and oxygen atoms in total. The highest BCUT2D eigenvalue weighted by Gasteiger charge is 2.55. The van der Waals surface area contributed by atoms with Crippen molar-refractivity contribution < 1.29 is 34.3 Å². The van der Waals surface area contributed by atoms with E-state index in [4.69, 9.17) is 19.3 Å². The molecule has 0 unspecified atom stereocenters. The molecular formula is C16H29NO7. The van der Waals surface area contributed by atoms with Crippen molar-refractivity contribution in [2.75, 3.05) is 13.2 Å². The number of hydrogen-bond donors (Lipinski definition) is 3. The Hall–Kier alpha value is -0.930. The van der Waals surface area contributed by atoms with E-state index in [2.05, 4.69) is 0 Å². The van der Waals surface area contributed by atoms with Crippen molar-refractivity contribution in [1.82, 2.24) is 4.90 Å². The van der Waals surface area contributed by atoms with E-state index in [0.29, 0.717) is 0 Å². The molecule has 8 heteroatoms. The number of rotatable bonds is 4. The zero-order valence-electron chi connectivity index (χ0n) is 14.9. The third-order valence-corrected chi connectivity index (χ3v) is 4.12. The molecule has 5 atom stereocenters. The molecule has 0 bridgehead atoms. The Morgan fingerprint density at radius 3 is 2.46 bits per heavy atom. The molecule has 0 saturated carbocycles. The molecule has 0 aliphatic carbocycles. The van der Waals surface area contributed by atoms with Gasteiger partial charge >= 0.3 is 6.09 Å². The molecule has 2 aliphatic rings. The number of fused-ring (bicyclic) bond motifs is 1. The van der Waals surface area contributed by atoms with E-state index in [1.54, 1.807) is 34.6 Å². The molecular weight excluding hydrogens is 318 g/mol. The summed E-state index contributed by atoms with van der Waals surface area (Å²) in [5, 5.41) is 28.7. The standard InChI is InChI=1S/C16H29NO7/c1-15(2,3)24-14(21)17-7-12-13(23-16(4,5)22-12)9(17)6-10(19)11(20)8-18/h9-13,18-20H,6-8H2,1-5H3/t9-,10-,11-,12-,13+/m0/s1. The number of aliphatic hydroxyl groups excluding tert-OH is 3. The van der Waals surface area contributed by atoms with Crippen LogP contribution >= 0.6 is 0 Å². The van der Waals surface area contributed by atoms with Crippen molar-refractivity contribution >= 4 is 6.09 Å². The van der Waals surface area contributed by atoms with Crippen LogP contribution in [0.15, 0.2) is 0 Å². The van der Waals surface area contributed by atoms with E-state index in [1.807, 2.05) is 0 Å². The van der Waals surface area contributed by atoms with E-state index >= 15 is 0 Å². The quantitative estimate of drug-likeness (QED) is 0.668. The Kier molecular flexibility index (Phi) is 5.46. The molecule has 24 heavy (non-hydrogen) atoms. The molecule has 0 aromatic heterocycles. The van der Waals surface area contributed by atoms with Gasteiger partial charge in [-0.1, -0.05) is 0 Å². The van der Waals surface area contributed by atoms with Gasteiger partial charge in [0.05, 0.1) is 25.3 Å². The van der Waals surface area contributed by atoms with E-state index in [1.165, 1.54) is 4.90 Å². The first kappa shape index (κ1) is 19.4. The third-order valence-electron chi connectivity index (χ3n) is 4.12. The summed E-state index contributed by atoms with van der Waals surface area (Å²) in [7, 11) is 0. The van der Waals surface area contributed by atoms with Crippen LogP contribution in [0, 0.1) is 0 Å². The lowest BCUT2D eigenvalue weighted by molar-refractivity contribution is -0.163. The summed E-state index contributed by atoms with van der Waals surface area (Å²) in [5.74, 6) is -0.770. The number of aliphatic hydroxyl groups is 3. The Bertz CT molecular complexity index is 462. The minimum absolute atomic E-state index is 0.0571. The van der Waals surface area contributed by atoms with E-state index in [0.717, 1.165) is 0 Å². The van der Waals surface area contributed by atoms with Gasteiger partial charge in [0.15, 0.2) is 5.79 Å². The molecule has 2 aliphatic heterocycles. The lowest BCUT2D eigenvalue weighted by atomic mass is 10.0. The van der Waals surface area contributed by atoms with E-state index < -0.39 is 48.4 Å². The molecule has 2 heterocycles. The van der Waals surface area contributed by atoms with Crippen LogP contribution in [0.25, 0.3) is 0 Å². The fourth-order valence-corrected chi connectivity index (χ4v) is 3.16. The SMILES string of the molecule is CC(C)(C)OC(=O)N1C[C@@H]2OC(C)(C)O[C@@H]2[C@@H]1C[C@H](O)[C@@H](O)CO. The topological polar surface area (TPSA) is 109 Å². The molecule has 2 rings (SSSR count). The van der Waals surface area contributed by atoms with Gasteiger partial charge in [0.25, 0.3) is 0 Å². The summed E-state index contributed by atoms with van der Waals surface area (Å²) in [6, 6.07) is -0.511. The molecule has 0 spiro atoms. The number of carbonyl (C=O) groups excluding carboxylic acids is 1. The molecule has 140 valence electrons. The van der Waals surface area contributed by atoms with Crippen LogP contribution < -0.4 is 0 Å². The average Bonchev–Trinajstić information content (AvgIpc) is 2.89. The Labute approximate surface area is 142 Å². The molecule has 0 radical (unpaired) electrons. The fraction of sp³-hybridized carbons (Fsp3) is 0.938. The van der Waals surface area contributed by atoms with Gasteiger partial charge in [-0.15, -0.1) is 0 Å². The van der Waals surface area contributed by atoms with Gasteiger partial charge in [-0.25, -0.2) is 4.79 Å². The number of carbonyl (C=O) groups is 1. The maximum Gasteiger partial charge on any atom is 0.410 e. The van der Waals surface area contributed by atoms with Crippen LogP contribution in [-0.2, 0) is 14.2 Å². The summed E-state index contributed by atoms with van der Waals surface area (Å²) < 4.78 is 17.1. The molecule has 0 aromatic rings. The van der Waals surface area contributed by atoms with Crippen LogP contribution in [-0.4, -0.2) is 81.3 Å². The second-order valence-corrected chi connectivity index (χ2v) is 7.89. The number of ether oxygens (including phenoxy) is 3. The number of amides is 1. The van der Waals surface area contributed by atoms with Crippen LogP contribution in [0.2, 0.25) is 0 Å². The van der Waals surface area contributed by atoms with Gasteiger partial charge in [0, 0.05) is 0 Å². The summed E-state index contributed by atoms with van der Waals surface area (Å²) >= 11 is 0. The first-order chi connectivity index (χ1) is 10.9. The van der Waals surface area contributed by atoms with E-state index in [9.17, 15) is 15.0 Å². The van der Waals surface area contributed by atoms with Crippen molar-refractivity contribution in [1.29, 1.82) is 0 Å². The van der Waals surface area contributed by atoms with Gasteiger partial charge < -0.3 is 29.5 Å². The van der Waals surface area contributed by atoms with E-state index in [-0.39, 0.29) is 19.1 Å². The van der Waals surface area contributed by atoms with Crippen molar-refractivity contribution in [2.24, 2.45) is 0 Å². The lowest BCUT2D eigenvalue weighted by Gasteiger charge is -2.33. The fourth-order valence-electron chi connectivity index (χ4n) is 3.16. The number of likely N-dealkylation sites (tertiary alicyclic amines) is 1. The van der Waals surface area contributed by atoms with Gasteiger partial charge in [-0.3, -0.25) is 4.90 Å². The van der Waals surface area contributed by atoms with Gasteiger partial charge in [-0.2, -0.15) is 0 Å². The number of nitrogens with zero attached hydrogens (tertiary/aromatic N) is 1. The van der Waals surface area contributed by atoms with Crippen LogP contribution in [0.4, 0.5) is 4.79 Å². The zero-order chi connectivity index (χ0) is 18.3. The smallest absolute Gasteiger partial charge is 0.410 e. The zero-order valence-corrected chi connectivity index (χ0v) is 14.9. The van der Waals surface area contributed by atoms with Crippen LogP contribution in [0.5, 0.6) is 0 Å². The predicted octanol–water partition coefficient (Wildman–Crippen LogP) is 0.230.